The fraction of sp³-hybridized carbons (Fsp3) is 0.0435. The summed E-state index contributed by atoms with van der Waals surface area (Å²) in [6, 6.07) is 13.9. The van der Waals surface area contributed by atoms with E-state index in [0.717, 1.165) is 16.8 Å². The number of aromatic nitrogens is 4. The van der Waals surface area contributed by atoms with Crippen LogP contribution in [0.15, 0.2) is 71.7 Å². The fourth-order valence-electron chi connectivity index (χ4n) is 3.37. The lowest BCUT2D eigenvalue weighted by Gasteiger charge is -2.08. The first-order valence-corrected chi connectivity index (χ1v) is 10.4. The van der Waals surface area contributed by atoms with Gasteiger partial charge in [-0.15, -0.1) is 0 Å². The number of hydrogen-bond acceptors (Lipinski definition) is 5. The Morgan fingerprint density at radius 2 is 2.00 bits per heavy atom. The lowest BCUT2D eigenvalue weighted by atomic mass is 10.0. The highest BCUT2D eigenvalue weighted by atomic mass is 32.1. The van der Waals surface area contributed by atoms with Crippen LogP contribution in [0.1, 0.15) is 15.9 Å². The molecular weight excluding hydrogens is 413 g/mol. The Hall–Kier alpha value is -3.91. The number of thiophene rings is 1. The molecule has 4 aromatic heterocycles. The molecule has 8 heteroatoms. The number of rotatable bonds is 4. The number of nitrogens with one attached hydrogen (secondary N) is 1. The molecule has 0 aliphatic heterocycles. The number of hydrogen-bond donors (Lipinski definition) is 1. The number of pyridine rings is 1. The van der Waals surface area contributed by atoms with Gasteiger partial charge >= 0.3 is 0 Å². The van der Waals surface area contributed by atoms with Crippen LogP contribution in [0, 0.1) is 12.7 Å². The lowest BCUT2D eigenvalue weighted by Crippen LogP contribution is -2.12. The van der Waals surface area contributed by atoms with Gasteiger partial charge in [-0.05, 0) is 66.4 Å². The van der Waals surface area contributed by atoms with Gasteiger partial charge in [0.25, 0.3) is 5.91 Å². The molecule has 0 radical (unpaired) electrons. The van der Waals surface area contributed by atoms with Gasteiger partial charge in [-0.25, -0.2) is 18.9 Å². The maximum atomic E-state index is 13.8. The van der Waals surface area contributed by atoms with E-state index in [1.54, 1.807) is 53.5 Å². The Morgan fingerprint density at radius 3 is 2.81 bits per heavy atom. The van der Waals surface area contributed by atoms with Crippen LogP contribution in [0.2, 0.25) is 0 Å². The Morgan fingerprint density at radius 1 is 1.10 bits per heavy atom. The maximum absolute atomic E-state index is 13.8. The molecular formula is C23H16FN5OS. The van der Waals surface area contributed by atoms with Crippen molar-refractivity contribution in [2.24, 2.45) is 0 Å². The molecule has 5 rings (SSSR count). The van der Waals surface area contributed by atoms with Gasteiger partial charge in [-0.1, -0.05) is 0 Å². The fourth-order valence-corrected chi connectivity index (χ4v) is 4.01. The predicted molar refractivity (Wildman–Crippen MR) is 119 cm³/mol. The van der Waals surface area contributed by atoms with Crippen LogP contribution in [0.3, 0.4) is 0 Å². The number of imidazole rings is 1. The molecule has 31 heavy (non-hydrogen) atoms. The van der Waals surface area contributed by atoms with E-state index in [0.29, 0.717) is 28.3 Å². The molecule has 0 saturated heterocycles. The molecule has 0 aliphatic carbocycles. The topological polar surface area (TPSA) is 72.2 Å². The van der Waals surface area contributed by atoms with Gasteiger partial charge in [0.15, 0.2) is 5.65 Å². The van der Waals surface area contributed by atoms with E-state index < -0.39 is 0 Å². The van der Waals surface area contributed by atoms with Crippen molar-refractivity contribution in [3.63, 3.8) is 0 Å². The second-order valence-electron chi connectivity index (χ2n) is 6.96. The van der Waals surface area contributed by atoms with Gasteiger partial charge in [-0.3, -0.25) is 4.79 Å². The molecule has 4 heterocycles. The maximum Gasteiger partial charge on any atom is 0.257 e. The van der Waals surface area contributed by atoms with Crippen LogP contribution in [-0.2, 0) is 0 Å². The minimum Gasteiger partial charge on any atom is -0.307 e. The van der Waals surface area contributed by atoms with E-state index in [4.69, 9.17) is 4.98 Å². The largest absolute Gasteiger partial charge is 0.307 e. The van der Waals surface area contributed by atoms with Crippen molar-refractivity contribution in [3.8, 4) is 22.5 Å². The third-order valence-corrected chi connectivity index (χ3v) is 5.57. The molecule has 1 aromatic carbocycles. The number of anilines is 1. The van der Waals surface area contributed by atoms with E-state index >= 15 is 0 Å². The molecule has 152 valence electrons. The number of nitrogens with zero attached hydrogens (tertiary/aromatic N) is 4. The van der Waals surface area contributed by atoms with Crippen LogP contribution in [0.5, 0.6) is 0 Å². The molecule has 0 spiro atoms. The molecule has 1 amide bonds. The molecule has 0 unspecified atom stereocenters. The molecule has 0 aliphatic rings. The third kappa shape index (κ3) is 3.57. The molecule has 5 aromatic rings. The first kappa shape index (κ1) is 19.1. The van der Waals surface area contributed by atoms with Crippen molar-refractivity contribution >= 4 is 28.7 Å². The Bertz CT molecular complexity index is 1410. The number of aryl methyl sites for hydroxylation is 1. The van der Waals surface area contributed by atoms with E-state index in [-0.39, 0.29) is 11.7 Å². The standard InChI is InChI=1S/C23H16FN5OS/c1-14-11-15(4-5-18(14)24)21-22(29-20(28-21)3-2-8-26-29)16-6-9-25-19(12-16)27-23(30)17-7-10-31-13-17/h2-13H,1H3,(H,25,27,30). The molecule has 0 atom stereocenters. The number of halogens is 1. The SMILES string of the molecule is Cc1cc(-c2nc3cccnn3c2-c2ccnc(NC(=O)c3ccsc3)c2)ccc1F. The van der Waals surface area contributed by atoms with E-state index in [2.05, 4.69) is 15.4 Å². The van der Waals surface area contributed by atoms with E-state index in [1.165, 1.54) is 17.4 Å². The average molecular weight is 429 g/mol. The number of benzene rings is 1. The van der Waals surface area contributed by atoms with Crippen LogP contribution in [0.25, 0.3) is 28.2 Å². The summed E-state index contributed by atoms with van der Waals surface area (Å²) in [5.41, 5.74) is 4.73. The smallest absolute Gasteiger partial charge is 0.257 e. The second kappa shape index (κ2) is 7.73. The average Bonchev–Trinajstić information content (AvgIpc) is 3.44. The van der Waals surface area contributed by atoms with Crippen LogP contribution >= 0.6 is 11.3 Å². The molecule has 6 nitrogen and oxygen atoms in total. The van der Waals surface area contributed by atoms with E-state index in [1.807, 2.05) is 23.6 Å². The molecule has 1 N–H and O–H groups in total. The first-order valence-electron chi connectivity index (χ1n) is 9.50. The highest BCUT2D eigenvalue weighted by Crippen LogP contribution is 2.33. The minimum atomic E-state index is -0.269. The normalized spacial score (nSPS) is 11.0. The van der Waals surface area contributed by atoms with Gasteiger partial charge in [-0.2, -0.15) is 16.4 Å². The zero-order valence-electron chi connectivity index (χ0n) is 16.4. The summed E-state index contributed by atoms with van der Waals surface area (Å²) in [5, 5.41) is 10.9. The second-order valence-corrected chi connectivity index (χ2v) is 7.74. The minimum absolute atomic E-state index is 0.225. The van der Waals surface area contributed by atoms with Crippen molar-refractivity contribution in [1.29, 1.82) is 0 Å². The summed E-state index contributed by atoms with van der Waals surface area (Å²) in [6.07, 6.45) is 3.30. The number of carbonyl (C=O) groups is 1. The lowest BCUT2D eigenvalue weighted by molar-refractivity contribution is 0.102. The van der Waals surface area contributed by atoms with Crippen molar-refractivity contribution in [2.45, 2.75) is 6.92 Å². The van der Waals surface area contributed by atoms with Gasteiger partial charge in [0, 0.05) is 28.9 Å². The van der Waals surface area contributed by atoms with Crippen molar-refractivity contribution in [1.82, 2.24) is 19.6 Å². The quantitative estimate of drug-likeness (QED) is 0.425. The van der Waals surface area contributed by atoms with Crippen LogP contribution in [-0.4, -0.2) is 25.5 Å². The number of fused-ring (bicyclic) bond motifs is 1. The summed E-state index contributed by atoms with van der Waals surface area (Å²) in [6.45, 7) is 1.72. The van der Waals surface area contributed by atoms with Crippen molar-refractivity contribution in [3.05, 3.63) is 88.6 Å². The Kier molecular flexibility index (Phi) is 4.76. The van der Waals surface area contributed by atoms with Gasteiger partial charge in [0.1, 0.15) is 17.3 Å². The number of carbonyl (C=O) groups excluding carboxylic acids is 1. The molecule has 0 bridgehead atoms. The van der Waals surface area contributed by atoms with E-state index in [9.17, 15) is 9.18 Å². The van der Waals surface area contributed by atoms with Crippen LogP contribution in [0.4, 0.5) is 10.2 Å². The first-order chi connectivity index (χ1) is 15.1. The van der Waals surface area contributed by atoms with Crippen LogP contribution < -0.4 is 5.32 Å². The summed E-state index contributed by atoms with van der Waals surface area (Å²) in [7, 11) is 0. The zero-order valence-corrected chi connectivity index (χ0v) is 17.2. The van der Waals surface area contributed by atoms with Gasteiger partial charge in [0.05, 0.1) is 11.3 Å². The van der Waals surface area contributed by atoms with Crippen molar-refractivity contribution < 1.29 is 9.18 Å². The zero-order chi connectivity index (χ0) is 21.4. The predicted octanol–water partition coefficient (Wildman–Crippen LogP) is 5.22. The van der Waals surface area contributed by atoms with Crippen molar-refractivity contribution in [2.75, 3.05) is 5.32 Å². The Balaban J connectivity index is 1.63. The molecule has 0 saturated carbocycles. The summed E-state index contributed by atoms with van der Waals surface area (Å²) >= 11 is 1.45. The number of amides is 1. The van der Waals surface area contributed by atoms with Gasteiger partial charge in [0.2, 0.25) is 0 Å². The molecule has 0 fully saturated rings. The highest BCUT2D eigenvalue weighted by Gasteiger charge is 2.18. The Labute approximate surface area is 181 Å². The summed E-state index contributed by atoms with van der Waals surface area (Å²) in [5.74, 6) is -0.0769. The highest BCUT2D eigenvalue weighted by molar-refractivity contribution is 7.08. The monoisotopic (exact) mass is 429 g/mol. The van der Waals surface area contributed by atoms with Gasteiger partial charge < -0.3 is 5.32 Å². The summed E-state index contributed by atoms with van der Waals surface area (Å²) in [4.78, 5) is 21.4. The summed E-state index contributed by atoms with van der Waals surface area (Å²) < 4.78 is 15.6. The third-order valence-electron chi connectivity index (χ3n) is 4.88.